The summed E-state index contributed by atoms with van der Waals surface area (Å²) in [5.74, 6) is 0.0212. The standard InChI is InChI=1S/C16H14BrNO5/c1-22-15-7-6-14(18(20)21)9-12(15)10-23-16(19)8-11-2-4-13(17)5-3-11/h2-7,9H,8,10H2,1H3. The zero-order valence-corrected chi connectivity index (χ0v) is 13.9. The van der Waals surface area contributed by atoms with Crippen molar-refractivity contribution in [3.8, 4) is 5.75 Å². The van der Waals surface area contributed by atoms with Crippen molar-refractivity contribution in [1.29, 1.82) is 0 Å². The first-order valence-corrected chi connectivity index (χ1v) is 7.50. The molecule has 0 aliphatic heterocycles. The summed E-state index contributed by atoms with van der Waals surface area (Å²) in [5, 5.41) is 10.8. The summed E-state index contributed by atoms with van der Waals surface area (Å²) < 4.78 is 11.2. The second-order valence-electron chi connectivity index (χ2n) is 4.72. The Bertz CT molecular complexity index is 715. The topological polar surface area (TPSA) is 78.7 Å². The molecule has 0 amide bonds. The van der Waals surface area contributed by atoms with E-state index < -0.39 is 10.9 Å². The van der Waals surface area contributed by atoms with E-state index in [4.69, 9.17) is 9.47 Å². The lowest BCUT2D eigenvalue weighted by molar-refractivity contribution is -0.385. The number of hydrogen-bond donors (Lipinski definition) is 0. The van der Waals surface area contributed by atoms with Gasteiger partial charge in [0.15, 0.2) is 0 Å². The molecule has 0 saturated carbocycles. The molecule has 0 aliphatic rings. The zero-order chi connectivity index (χ0) is 16.8. The minimum absolute atomic E-state index is 0.0789. The van der Waals surface area contributed by atoms with E-state index >= 15 is 0 Å². The van der Waals surface area contributed by atoms with Gasteiger partial charge in [0.1, 0.15) is 12.4 Å². The Balaban J connectivity index is 2.01. The summed E-state index contributed by atoms with van der Waals surface area (Å²) in [6.07, 6.45) is 0.129. The minimum atomic E-state index is -0.507. The summed E-state index contributed by atoms with van der Waals surface area (Å²) in [7, 11) is 1.45. The SMILES string of the molecule is COc1ccc([N+](=O)[O-])cc1COC(=O)Cc1ccc(Br)cc1. The molecule has 23 heavy (non-hydrogen) atoms. The van der Waals surface area contributed by atoms with Crippen LogP contribution in [0.3, 0.4) is 0 Å². The zero-order valence-electron chi connectivity index (χ0n) is 12.3. The number of esters is 1. The van der Waals surface area contributed by atoms with Gasteiger partial charge in [0.05, 0.1) is 18.5 Å². The molecule has 0 N–H and O–H groups in total. The van der Waals surface area contributed by atoms with Gasteiger partial charge in [-0.15, -0.1) is 0 Å². The molecule has 0 radical (unpaired) electrons. The molecule has 0 fully saturated rings. The van der Waals surface area contributed by atoms with E-state index in [0.717, 1.165) is 10.0 Å². The highest BCUT2D eigenvalue weighted by molar-refractivity contribution is 9.10. The lowest BCUT2D eigenvalue weighted by Gasteiger charge is -2.09. The maximum absolute atomic E-state index is 11.9. The van der Waals surface area contributed by atoms with Crippen LogP contribution >= 0.6 is 15.9 Å². The highest BCUT2D eigenvalue weighted by Crippen LogP contribution is 2.24. The van der Waals surface area contributed by atoms with E-state index in [2.05, 4.69) is 15.9 Å². The number of halogens is 1. The summed E-state index contributed by atoms with van der Waals surface area (Å²) in [6, 6.07) is 11.5. The van der Waals surface area contributed by atoms with Crippen LogP contribution in [0.15, 0.2) is 46.9 Å². The van der Waals surface area contributed by atoms with Gasteiger partial charge in [-0.3, -0.25) is 14.9 Å². The Hall–Kier alpha value is -2.41. The van der Waals surface area contributed by atoms with Crippen LogP contribution in [0.4, 0.5) is 5.69 Å². The number of benzene rings is 2. The summed E-state index contributed by atoms with van der Waals surface area (Å²) >= 11 is 3.32. The summed E-state index contributed by atoms with van der Waals surface area (Å²) in [6.45, 7) is -0.0831. The van der Waals surface area contributed by atoms with Crippen LogP contribution in [0.5, 0.6) is 5.75 Å². The third-order valence-electron chi connectivity index (χ3n) is 3.13. The summed E-state index contributed by atoms with van der Waals surface area (Å²) in [4.78, 5) is 22.2. The average Bonchev–Trinajstić information content (AvgIpc) is 2.54. The maximum atomic E-state index is 11.9. The van der Waals surface area contributed by atoms with Crippen LogP contribution in [0.25, 0.3) is 0 Å². The Morgan fingerprint density at radius 2 is 1.91 bits per heavy atom. The Morgan fingerprint density at radius 3 is 2.52 bits per heavy atom. The van der Waals surface area contributed by atoms with Gasteiger partial charge in [-0.05, 0) is 23.8 Å². The normalized spacial score (nSPS) is 10.2. The first kappa shape index (κ1) is 17.0. The average molecular weight is 380 g/mol. The molecule has 2 aromatic rings. The fourth-order valence-corrected chi connectivity index (χ4v) is 2.23. The van der Waals surface area contributed by atoms with Gasteiger partial charge in [-0.2, -0.15) is 0 Å². The highest BCUT2D eigenvalue weighted by Gasteiger charge is 2.13. The second-order valence-corrected chi connectivity index (χ2v) is 5.63. The van der Waals surface area contributed by atoms with E-state index in [-0.39, 0.29) is 18.7 Å². The number of ether oxygens (including phenoxy) is 2. The molecule has 0 aromatic heterocycles. The quantitative estimate of drug-likeness (QED) is 0.434. The molecule has 0 heterocycles. The predicted molar refractivity (Wildman–Crippen MR) is 87.3 cm³/mol. The number of rotatable bonds is 6. The van der Waals surface area contributed by atoms with Crippen molar-refractivity contribution in [3.63, 3.8) is 0 Å². The van der Waals surface area contributed by atoms with E-state index in [1.807, 2.05) is 24.3 Å². The number of carbonyl (C=O) groups is 1. The van der Waals surface area contributed by atoms with Crippen molar-refractivity contribution < 1.29 is 19.2 Å². The molecule has 2 rings (SSSR count). The van der Waals surface area contributed by atoms with Gasteiger partial charge >= 0.3 is 5.97 Å². The second kappa shape index (κ2) is 7.73. The molecule has 2 aromatic carbocycles. The molecular formula is C16H14BrNO5. The number of hydrogen-bond acceptors (Lipinski definition) is 5. The first-order chi connectivity index (χ1) is 11.0. The molecule has 0 unspecified atom stereocenters. The molecule has 0 atom stereocenters. The lowest BCUT2D eigenvalue weighted by Crippen LogP contribution is -2.08. The lowest BCUT2D eigenvalue weighted by atomic mass is 10.1. The molecule has 0 bridgehead atoms. The van der Waals surface area contributed by atoms with Crippen LogP contribution in [0.2, 0.25) is 0 Å². The van der Waals surface area contributed by atoms with Gasteiger partial charge in [0.25, 0.3) is 5.69 Å². The largest absolute Gasteiger partial charge is 0.496 e. The van der Waals surface area contributed by atoms with Crippen molar-refractivity contribution in [2.24, 2.45) is 0 Å². The maximum Gasteiger partial charge on any atom is 0.310 e. The highest BCUT2D eigenvalue weighted by atomic mass is 79.9. The van der Waals surface area contributed by atoms with E-state index in [1.165, 1.54) is 25.3 Å². The molecule has 0 aliphatic carbocycles. The monoisotopic (exact) mass is 379 g/mol. The Morgan fingerprint density at radius 1 is 1.22 bits per heavy atom. The van der Waals surface area contributed by atoms with E-state index in [1.54, 1.807) is 0 Å². The van der Waals surface area contributed by atoms with E-state index in [0.29, 0.717) is 11.3 Å². The Labute approximate surface area is 141 Å². The van der Waals surface area contributed by atoms with Crippen molar-refractivity contribution >= 4 is 27.6 Å². The van der Waals surface area contributed by atoms with Gasteiger partial charge in [-0.25, -0.2) is 0 Å². The van der Waals surface area contributed by atoms with Gasteiger partial charge in [-0.1, -0.05) is 28.1 Å². The van der Waals surface area contributed by atoms with Crippen molar-refractivity contribution in [1.82, 2.24) is 0 Å². The minimum Gasteiger partial charge on any atom is -0.496 e. The molecule has 6 nitrogen and oxygen atoms in total. The van der Waals surface area contributed by atoms with Crippen molar-refractivity contribution in [2.75, 3.05) is 7.11 Å². The number of methoxy groups -OCH3 is 1. The van der Waals surface area contributed by atoms with Crippen LogP contribution in [0, 0.1) is 10.1 Å². The van der Waals surface area contributed by atoms with Crippen LogP contribution in [-0.2, 0) is 22.6 Å². The van der Waals surface area contributed by atoms with Crippen LogP contribution in [-0.4, -0.2) is 18.0 Å². The smallest absolute Gasteiger partial charge is 0.310 e. The third-order valence-corrected chi connectivity index (χ3v) is 3.65. The van der Waals surface area contributed by atoms with Gasteiger partial charge in [0, 0.05) is 22.2 Å². The van der Waals surface area contributed by atoms with Crippen molar-refractivity contribution in [3.05, 3.63) is 68.2 Å². The molecule has 0 spiro atoms. The fraction of sp³-hybridized carbons (Fsp3) is 0.188. The molecule has 120 valence electrons. The number of nitro benzene ring substituents is 1. The number of nitro groups is 1. The predicted octanol–water partition coefficient (Wildman–Crippen LogP) is 3.65. The number of carbonyl (C=O) groups excluding carboxylic acids is 1. The fourth-order valence-electron chi connectivity index (χ4n) is 1.97. The third kappa shape index (κ3) is 4.79. The van der Waals surface area contributed by atoms with Gasteiger partial charge in [0.2, 0.25) is 0 Å². The number of non-ortho nitro benzene ring substituents is 1. The number of nitrogens with zero attached hydrogens (tertiary/aromatic N) is 1. The Kier molecular flexibility index (Phi) is 5.70. The van der Waals surface area contributed by atoms with Crippen LogP contribution in [0.1, 0.15) is 11.1 Å². The molecule has 0 saturated heterocycles. The summed E-state index contributed by atoms with van der Waals surface area (Å²) in [5.41, 5.74) is 1.19. The first-order valence-electron chi connectivity index (χ1n) is 6.71. The molecular weight excluding hydrogens is 366 g/mol. The van der Waals surface area contributed by atoms with Crippen LogP contribution < -0.4 is 4.74 Å². The molecule has 7 heteroatoms. The van der Waals surface area contributed by atoms with Crippen molar-refractivity contribution in [2.45, 2.75) is 13.0 Å². The van der Waals surface area contributed by atoms with E-state index in [9.17, 15) is 14.9 Å². The van der Waals surface area contributed by atoms with Gasteiger partial charge < -0.3 is 9.47 Å².